The predicted octanol–water partition coefficient (Wildman–Crippen LogP) is 2.57. The maximum absolute atomic E-state index is 12.9. The van der Waals surface area contributed by atoms with E-state index in [-0.39, 0.29) is 41.8 Å². The van der Waals surface area contributed by atoms with Crippen molar-refractivity contribution in [3.63, 3.8) is 0 Å². The van der Waals surface area contributed by atoms with E-state index in [0.717, 1.165) is 25.7 Å². The fourth-order valence-electron chi connectivity index (χ4n) is 4.63. The van der Waals surface area contributed by atoms with Crippen molar-refractivity contribution in [1.29, 1.82) is 0 Å². The molecule has 0 radical (unpaired) electrons. The number of rotatable bonds is 1. The minimum atomic E-state index is -0.431. The Balaban J connectivity index is 1.72. The smallest absolute Gasteiger partial charge is 0.238 e. The molecule has 4 atom stereocenters. The van der Waals surface area contributed by atoms with Crippen LogP contribution in [0.15, 0.2) is 30.3 Å². The van der Waals surface area contributed by atoms with E-state index in [9.17, 15) is 14.4 Å². The molecule has 2 amide bonds. The lowest BCUT2D eigenvalue weighted by Gasteiger charge is -2.39. The van der Waals surface area contributed by atoms with Crippen molar-refractivity contribution in [2.24, 2.45) is 23.7 Å². The Bertz CT molecular complexity index is 639. The average Bonchev–Trinajstić information content (AvgIpc) is 2.80. The number of hydrogen-bond acceptors (Lipinski definition) is 3. The van der Waals surface area contributed by atoms with E-state index < -0.39 is 5.92 Å². The first kappa shape index (κ1) is 13.7. The number of para-hydroxylation sites is 1. The minimum Gasteiger partial charge on any atom is -0.299 e. The van der Waals surface area contributed by atoms with Crippen molar-refractivity contribution < 1.29 is 14.4 Å². The molecule has 1 aromatic carbocycles. The number of carbonyl (C=O) groups is 3. The van der Waals surface area contributed by atoms with Gasteiger partial charge >= 0.3 is 0 Å². The molecule has 2 aliphatic carbocycles. The number of ketones is 1. The monoisotopic (exact) mass is 297 g/mol. The molecule has 3 fully saturated rings. The summed E-state index contributed by atoms with van der Waals surface area (Å²) in [6.07, 6.45) is 4.16. The minimum absolute atomic E-state index is 0.00229. The fourth-order valence-corrected chi connectivity index (χ4v) is 4.63. The number of Topliss-reactive ketones (excluding diaryl/α,β-unsaturated/α-hetero) is 1. The molecule has 22 heavy (non-hydrogen) atoms. The van der Waals surface area contributed by atoms with Gasteiger partial charge in [0.2, 0.25) is 11.8 Å². The van der Waals surface area contributed by atoms with E-state index in [1.165, 1.54) is 4.90 Å². The summed E-state index contributed by atoms with van der Waals surface area (Å²) in [5, 5.41) is 0. The Morgan fingerprint density at radius 2 is 1.59 bits per heavy atom. The van der Waals surface area contributed by atoms with Gasteiger partial charge in [-0.05, 0) is 30.9 Å². The lowest BCUT2D eigenvalue weighted by atomic mass is 9.62. The molecule has 3 aliphatic rings. The van der Waals surface area contributed by atoms with E-state index in [0.29, 0.717) is 5.69 Å². The normalized spacial score (nSPS) is 34.5. The molecule has 0 spiro atoms. The van der Waals surface area contributed by atoms with Crippen LogP contribution in [0.5, 0.6) is 0 Å². The van der Waals surface area contributed by atoms with Crippen LogP contribution >= 0.6 is 0 Å². The Morgan fingerprint density at radius 3 is 2.36 bits per heavy atom. The third-order valence-corrected chi connectivity index (χ3v) is 5.61. The first-order valence-corrected chi connectivity index (χ1v) is 8.14. The molecule has 1 aromatic rings. The highest BCUT2D eigenvalue weighted by molar-refractivity contribution is 6.23. The number of imide groups is 1. The first-order valence-electron chi connectivity index (χ1n) is 8.14. The highest BCUT2D eigenvalue weighted by Crippen LogP contribution is 2.49. The zero-order valence-corrected chi connectivity index (χ0v) is 12.4. The van der Waals surface area contributed by atoms with E-state index in [4.69, 9.17) is 0 Å². The molecule has 4 heteroatoms. The van der Waals surface area contributed by atoms with Gasteiger partial charge in [0.1, 0.15) is 5.78 Å². The van der Waals surface area contributed by atoms with Crippen LogP contribution in [0, 0.1) is 23.7 Å². The standard InChI is InChI=1S/C18H19NO3/c20-15-10-14-16(13-9-5-4-8-12(13)15)18(22)19(17(14)21)11-6-2-1-3-7-11/h1-3,6-7,12-14,16H,4-5,8-10H2/t12-,13-,14+,16-/m0/s1. The molecule has 0 N–H and O–H groups in total. The van der Waals surface area contributed by atoms with Crippen LogP contribution in [0.3, 0.4) is 0 Å². The van der Waals surface area contributed by atoms with Gasteiger partial charge in [0, 0.05) is 12.3 Å². The molecule has 4 rings (SSSR count). The first-order chi connectivity index (χ1) is 10.7. The summed E-state index contributed by atoms with van der Waals surface area (Å²) in [6, 6.07) is 9.09. The van der Waals surface area contributed by atoms with Crippen molar-refractivity contribution in [2.75, 3.05) is 4.90 Å². The molecular weight excluding hydrogens is 278 g/mol. The second-order valence-electron chi connectivity index (χ2n) is 6.70. The van der Waals surface area contributed by atoms with Crippen LogP contribution < -0.4 is 4.90 Å². The molecule has 0 bridgehead atoms. The SMILES string of the molecule is O=C1C[C@H]2C(=O)N(c3ccccc3)C(=O)[C@H]2[C@H]2CCCC[C@H]12. The number of benzene rings is 1. The number of amides is 2. The van der Waals surface area contributed by atoms with Crippen molar-refractivity contribution in [1.82, 2.24) is 0 Å². The van der Waals surface area contributed by atoms with Crippen molar-refractivity contribution in [3.8, 4) is 0 Å². The number of hydrogen-bond donors (Lipinski definition) is 0. The Hall–Kier alpha value is -1.97. The van der Waals surface area contributed by atoms with Crippen LogP contribution in [-0.4, -0.2) is 17.6 Å². The molecular formula is C18H19NO3. The molecule has 4 nitrogen and oxygen atoms in total. The molecule has 1 saturated heterocycles. The van der Waals surface area contributed by atoms with Gasteiger partial charge < -0.3 is 0 Å². The summed E-state index contributed by atoms with van der Waals surface area (Å²) >= 11 is 0. The van der Waals surface area contributed by atoms with E-state index in [2.05, 4.69) is 0 Å². The van der Waals surface area contributed by atoms with E-state index in [1.807, 2.05) is 18.2 Å². The summed E-state index contributed by atoms with van der Waals surface area (Å²) in [5.41, 5.74) is 0.631. The zero-order valence-electron chi connectivity index (χ0n) is 12.4. The number of nitrogens with zero attached hydrogens (tertiary/aromatic N) is 1. The summed E-state index contributed by atoms with van der Waals surface area (Å²) < 4.78 is 0. The number of carbonyl (C=O) groups excluding carboxylic acids is 3. The second-order valence-corrected chi connectivity index (χ2v) is 6.70. The maximum Gasteiger partial charge on any atom is 0.238 e. The molecule has 0 aromatic heterocycles. The van der Waals surface area contributed by atoms with Gasteiger partial charge in [-0.15, -0.1) is 0 Å². The maximum atomic E-state index is 12.9. The van der Waals surface area contributed by atoms with Gasteiger partial charge in [-0.25, -0.2) is 0 Å². The molecule has 0 unspecified atom stereocenters. The Morgan fingerprint density at radius 1 is 0.864 bits per heavy atom. The van der Waals surface area contributed by atoms with Crippen molar-refractivity contribution in [2.45, 2.75) is 32.1 Å². The molecule has 114 valence electrons. The highest BCUT2D eigenvalue weighted by Gasteiger charge is 2.57. The van der Waals surface area contributed by atoms with Crippen LogP contribution in [-0.2, 0) is 14.4 Å². The molecule has 1 heterocycles. The molecule has 1 aliphatic heterocycles. The van der Waals surface area contributed by atoms with Crippen molar-refractivity contribution >= 4 is 23.3 Å². The lowest BCUT2D eigenvalue weighted by molar-refractivity contribution is -0.139. The van der Waals surface area contributed by atoms with Gasteiger partial charge in [-0.3, -0.25) is 19.3 Å². The van der Waals surface area contributed by atoms with Crippen LogP contribution in [0.25, 0.3) is 0 Å². The quantitative estimate of drug-likeness (QED) is 0.749. The van der Waals surface area contributed by atoms with Crippen LogP contribution in [0.1, 0.15) is 32.1 Å². The molecule has 2 saturated carbocycles. The van der Waals surface area contributed by atoms with Gasteiger partial charge in [-0.1, -0.05) is 31.0 Å². The van der Waals surface area contributed by atoms with Gasteiger partial charge in [0.05, 0.1) is 17.5 Å². The summed E-state index contributed by atoms with van der Waals surface area (Å²) in [6.45, 7) is 0. The average molecular weight is 297 g/mol. The summed E-state index contributed by atoms with van der Waals surface area (Å²) in [5.74, 6) is -0.714. The Kier molecular flexibility index (Phi) is 3.13. The zero-order chi connectivity index (χ0) is 15.3. The number of anilines is 1. The topological polar surface area (TPSA) is 54.5 Å². The van der Waals surface area contributed by atoms with Crippen LogP contribution in [0.2, 0.25) is 0 Å². The van der Waals surface area contributed by atoms with Gasteiger partial charge in [0.25, 0.3) is 0 Å². The largest absolute Gasteiger partial charge is 0.299 e. The van der Waals surface area contributed by atoms with E-state index >= 15 is 0 Å². The second kappa shape index (κ2) is 5.04. The summed E-state index contributed by atoms with van der Waals surface area (Å²) in [7, 11) is 0. The predicted molar refractivity (Wildman–Crippen MR) is 81.0 cm³/mol. The van der Waals surface area contributed by atoms with Gasteiger partial charge in [0.15, 0.2) is 0 Å². The van der Waals surface area contributed by atoms with Crippen molar-refractivity contribution in [3.05, 3.63) is 30.3 Å². The third kappa shape index (κ3) is 1.86. The third-order valence-electron chi connectivity index (χ3n) is 5.61. The highest BCUT2D eigenvalue weighted by atomic mass is 16.2. The lowest BCUT2D eigenvalue weighted by Crippen LogP contribution is -2.43. The Labute approximate surface area is 129 Å². The number of fused-ring (bicyclic) bond motifs is 3. The summed E-state index contributed by atoms with van der Waals surface area (Å²) in [4.78, 5) is 39.3. The van der Waals surface area contributed by atoms with Crippen LogP contribution in [0.4, 0.5) is 5.69 Å². The van der Waals surface area contributed by atoms with E-state index in [1.54, 1.807) is 12.1 Å². The fraction of sp³-hybridized carbons (Fsp3) is 0.500. The van der Waals surface area contributed by atoms with Gasteiger partial charge in [-0.2, -0.15) is 0 Å².